The monoisotopic (exact) mass is 247 g/mol. The molecule has 0 saturated heterocycles. The van der Waals surface area contributed by atoms with E-state index in [1.54, 1.807) is 12.1 Å². The van der Waals surface area contributed by atoms with Crippen molar-refractivity contribution in [3.8, 4) is 0 Å². The molecule has 6 nitrogen and oxygen atoms in total. The van der Waals surface area contributed by atoms with Crippen LogP contribution in [0.1, 0.15) is 18.9 Å². The third-order valence-electron chi connectivity index (χ3n) is 2.39. The molecule has 1 aromatic rings. The molecule has 0 fully saturated rings. The Bertz CT molecular complexity index is 506. The van der Waals surface area contributed by atoms with E-state index < -0.39 is 4.92 Å². The highest BCUT2D eigenvalue weighted by molar-refractivity contribution is 5.72. The van der Waals surface area contributed by atoms with Gasteiger partial charge in [0.15, 0.2) is 5.69 Å². The van der Waals surface area contributed by atoms with Crippen LogP contribution in [-0.4, -0.2) is 17.4 Å². The van der Waals surface area contributed by atoms with Gasteiger partial charge in [-0.15, -0.1) is 0 Å². The van der Waals surface area contributed by atoms with Crippen LogP contribution in [0.2, 0.25) is 0 Å². The first-order chi connectivity index (χ1) is 8.54. The van der Waals surface area contributed by atoms with Crippen LogP contribution >= 0.6 is 0 Å². The Kier molecular flexibility index (Phi) is 4.81. The fraction of sp³-hybridized carbons (Fsp3) is 0.333. The topological polar surface area (TPSA) is 76.6 Å². The van der Waals surface area contributed by atoms with E-state index >= 15 is 0 Å². The van der Waals surface area contributed by atoms with Gasteiger partial charge in [0.05, 0.1) is 11.5 Å². The van der Waals surface area contributed by atoms with Crippen LogP contribution in [0.15, 0.2) is 18.2 Å². The standard InChI is InChI=1S/C12H13N3O3/c1-9(16)14-7-3-4-10-5-6-11(13-2)8-12(10)15(17)18/h5-6,8H,3-4,7H2,1H3,(H,14,16). The lowest BCUT2D eigenvalue weighted by Gasteiger charge is -2.04. The van der Waals surface area contributed by atoms with Gasteiger partial charge in [-0.1, -0.05) is 12.1 Å². The first kappa shape index (κ1) is 13.6. The number of rotatable bonds is 5. The molecule has 0 aliphatic heterocycles. The summed E-state index contributed by atoms with van der Waals surface area (Å²) in [6.07, 6.45) is 1.12. The molecular formula is C12H13N3O3. The van der Waals surface area contributed by atoms with Gasteiger partial charge in [-0.05, 0) is 12.8 Å². The minimum absolute atomic E-state index is 0.0358. The molecule has 0 saturated carbocycles. The zero-order chi connectivity index (χ0) is 13.5. The molecule has 0 unspecified atom stereocenters. The van der Waals surface area contributed by atoms with Gasteiger partial charge in [0.25, 0.3) is 5.69 Å². The Labute approximate surface area is 105 Å². The number of nitro benzene ring substituents is 1. The molecule has 0 bridgehead atoms. The lowest BCUT2D eigenvalue weighted by molar-refractivity contribution is -0.385. The maximum atomic E-state index is 10.9. The zero-order valence-corrected chi connectivity index (χ0v) is 9.97. The Hall–Kier alpha value is -2.42. The molecule has 0 heterocycles. The molecule has 0 spiro atoms. The molecule has 0 radical (unpaired) electrons. The molecule has 18 heavy (non-hydrogen) atoms. The number of nitro groups is 1. The molecule has 0 aliphatic carbocycles. The fourth-order valence-electron chi connectivity index (χ4n) is 1.55. The summed E-state index contributed by atoms with van der Waals surface area (Å²) in [5, 5.41) is 13.5. The zero-order valence-electron chi connectivity index (χ0n) is 9.97. The molecule has 1 N–H and O–H groups in total. The van der Waals surface area contributed by atoms with Crippen LogP contribution in [-0.2, 0) is 11.2 Å². The molecule has 1 amide bonds. The second-order valence-electron chi connectivity index (χ2n) is 3.77. The van der Waals surface area contributed by atoms with Crippen LogP contribution in [0.4, 0.5) is 11.4 Å². The Morgan fingerprint density at radius 3 is 2.83 bits per heavy atom. The summed E-state index contributed by atoms with van der Waals surface area (Å²) in [6.45, 7) is 8.73. The first-order valence-electron chi connectivity index (χ1n) is 5.44. The van der Waals surface area contributed by atoms with Crippen LogP contribution < -0.4 is 5.32 Å². The second-order valence-corrected chi connectivity index (χ2v) is 3.77. The number of nitrogens with one attached hydrogen (secondary N) is 1. The van der Waals surface area contributed by atoms with Gasteiger partial charge in [0.1, 0.15) is 0 Å². The summed E-state index contributed by atoms with van der Waals surface area (Å²) in [5.41, 5.74) is 0.802. The normalized spacial score (nSPS) is 9.56. The highest BCUT2D eigenvalue weighted by Gasteiger charge is 2.13. The van der Waals surface area contributed by atoms with Crippen molar-refractivity contribution >= 4 is 17.3 Å². The Morgan fingerprint density at radius 2 is 2.28 bits per heavy atom. The average Bonchev–Trinajstić information content (AvgIpc) is 2.34. The van der Waals surface area contributed by atoms with E-state index in [0.29, 0.717) is 24.9 Å². The number of carbonyl (C=O) groups excluding carboxylic acids is 1. The molecule has 0 aromatic heterocycles. The van der Waals surface area contributed by atoms with E-state index in [2.05, 4.69) is 10.2 Å². The lowest BCUT2D eigenvalue weighted by Crippen LogP contribution is -2.21. The van der Waals surface area contributed by atoms with Crippen molar-refractivity contribution in [1.82, 2.24) is 5.32 Å². The van der Waals surface area contributed by atoms with Gasteiger partial charge in [0.2, 0.25) is 5.91 Å². The Balaban J connectivity index is 2.73. The van der Waals surface area contributed by atoms with Crippen molar-refractivity contribution in [3.05, 3.63) is 45.3 Å². The van der Waals surface area contributed by atoms with Gasteiger partial charge in [-0.2, -0.15) is 0 Å². The number of amides is 1. The predicted molar refractivity (Wildman–Crippen MR) is 66.4 cm³/mol. The largest absolute Gasteiger partial charge is 0.356 e. The van der Waals surface area contributed by atoms with Gasteiger partial charge in [0, 0.05) is 25.1 Å². The minimum atomic E-state index is -0.484. The highest BCUT2D eigenvalue weighted by Crippen LogP contribution is 2.25. The molecule has 0 atom stereocenters. The van der Waals surface area contributed by atoms with Crippen molar-refractivity contribution in [1.29, 1.82) is 0 Å². The van der Waals surface area contributed by atoms with Crippen molar-refractivity contribution in [2.45, 2.75) is 19.8 Å². The minimum Gasteiger partial charge on any atom is -0.356 e. The molecule has 6 heteroatoms. The number of hydrogen-bond acceptors (Lipinski definition) is 3. The lowest BCUT2D eigenvalue weighted by atomic mass is 10.1. The van der Waals surface area contributed by atoms with E-state index in [1.165, 1.54) is 13.0 Å². The predicted octanol–water partition coefficient (Wildman–Crippen LogP) is 2.21. The number of carbonyl (C=O) groups is 1. The summed E-state index contributed by atoms with van der Waals surface area (Å²) >= 11 is 0. The maximum Gasteiger partial charge on any atom is 0.262 e. The van der Waals surface area contributed by atoms with E-state index in [1.807, 2.05) is 0 Å². The van der Waals surface area contributed by atoms with Crippen LogP contribution in [0, 0.1) is 16.7 Å². The van der Waals surface area contributed by atoms with E-state index in [-0.39, 0.29) is 17.3 Å². The van der Waals surface area contributed by atoms with Crippen molar-refractivity contribution in [2.24, 2.45) is 0 Å². The maximum absolute atomic E-state index is 10.9. The molecule has 94 valence electrons. The summed E-state index contributed by atoms with van der Waals surface area (Å²) in [7, 11) is 0. The van der Waals surface area contributed by atoms with E-state index in [0.717, 1.165) is 0 Å². The van der Waals surface area contributed by atoms with Gasteiger partial charge < -0.3 is 5.32 Å². The van der Waals surface area contributed by atoms with E-state index in [9.17, 15) is 14.9 Å². The summed E-state index contributed by atoms with van der Waals surface area (Å²) in [5.74, 6) is -0.118. The van der Waals surface area contributed by atoms with Crippen molar-refractivity contribution in [2.75, 3.05) is 6.54 Å². The molecule has 1 aromatic carbocycles. The van der Waals surface area contributed by atoms with Gasteiger partial charge in [-0.25, -0.2) is 4.85 Å². The van der Waals surface area contributed by atoms with E-state index in [4.69, 9.17) is 6.57 Å². The average molecular weight is 247 g/mol. The molecule has 0 aliphatic rings. The number of aryl methyl sites for hydroxylation is 1. The first-order valence-corrected chi connectivity index (χ1v) is 5.44. The smallest absolute Gasteiger partial charge is 0.262 e. The van der Waals surface area contributed by atoms with Crippen molar-refractivity contribution < 1.29 is 9.72 Å². The van der Waals surface area contributed by atoms with Gasteiger partial charge >= 0.3 is 0 Å². The third kappa shape index (κ3) is 3.87. The van der Waals surface area contributed by atoms with Crippen molar-refractivity contribution in [3.63, 3.8) is 0 Å². The third-order valence-corrected chi connectivity index (χ3v) is 2.39. The SMILES string of the molecule is [C-]#[N+]c1ccc(CCCNC(C)=O)c([N+](=O)[O-])c1. The Morgan fingerprint density at radius 1 is 1.56 bits per heavy atom. The highest BCUT2D eigenvalue weighted by atomic mass is 16.6. The number of benzene rings is 1. The molecule has 1 rings (SSSR count). The van der Waals surface area contributed by atoms with Crippen LogP contribution in [0.3, 0.4) is 0 Å². The van der Waals surface area contributed by atoms with Gasteiger partial charge in [-0.3, -0.25) is 14.9 Å². The summed E-state index contributed by atoms with van der Waals surface area (Å²) in [4.78, 5) is 24.2. The summed E-state index contributed by atoms with van der Waals surface area (Å²) < 4.78 is 0. The molecular weight excluding hydrogens is 234 g/mol. The quantitative estimate of drug-likeness (QED) is 0.375. The van der Waals surface area contributed by atoms with Crippen LogP contribution in [0.5, 0.6) is 0 Å². The number of hydrogen-bond donors (Lipinski definition) is 1. The second kappa shape index (κ2) is 6.35. The van der Waals surface area contributed by atoms with Crippen LogP contribution in [0.25, 0.3) is 4.85 Å². The fourth-order valence-corrected chi connectivity index (χ4v) is 1.55. The summed E-state index contributed by atoms with van der Waals surface area (Å²) in [6, 6.07) is 4.44. The number of nitrogens with zero attached hydrogens (tertiary/aromatic N) is 2.